The van der Waals surface area contributed by atoms with E-state index in [-0.39, 0.29) is 17.4 Å². The number of nitrogens with zero attached hydrogens (tertiary/aromatic N) is 1. The van der Waals surface area contributed by atoms with Crippen molar-refractivity contribution in [1.82, 2.24) is 5.32 Å². The number of hydrogen-bond donors (Lipinski definition) is 2. The molecule has 0 radical (unpaired) electrons. The summed E-state index contributed by atoms with van der Waals surface area (Å²) in [5, 5.41) is 18.1. The summed E-state index contributed by atoms with van der Waals surface area (Å²) in [7, 11) is 1.31. The zero-order valence-corrected chi connectivity index (χ0v) is 23.6. The molecule has 0 aliphatic heterocycles. The summed E-state index contributed by atoms with van der Waals surface area (Å²) in [4.78, 5) is 30.2. The van der Waals surface area contributed by atoms with E-state index in [1.165, 1.54) is 12.7 Å². The van der Waals surface area contributed by atoms with E-state index >= 15 is 0 Å². The Kier molecular flexibility index (Phi) is 7.49. The van der Waals surface area contributed by atoms with Gasteiger partial charge in [0.1, 0.15) is 11.8 Å². The van der Waals surface area contributed by atoms with Gasteiger partial charge in [-0.05, 0) is 86.3 Å². The highest BCUT2D eigenvalue weighted by Gasteiger charge is 2.61. The number of allylic oxidation sites excluding steroid dienone is 4. The molecular weight excluding hydrogens is 492 g/mol. The molecule has 0 spiro atoms. The first-order chi connectivity index (χ1) is 18.6. The maximum atomic E-state index is 12.5. The molecule has 4 aliphatic carbocycles. The molecule has 3 fully saturated rings. The second kappa shape index (κ2) is 10.6. The Bertz CT molecular complexity index is 1190. The molecule has 0 saturated heterocycles. The maximum Gasteiger partial charge on any atom is 0.328 e. The Morgan fingerprint density at radius 1 is 1.10 bits per heavy atom. The largest absolute Gasteiger partial charge is 0.467 e. The molecule has 3 saturated carbocycles. The molecule has 7 nitrogen and oxygen atoms in total. The van der Waals surface area contributed by atoms with E-state index in [1.807, 2.05) is 43.3 Å². The number of carbonyl (C=O) groups excluding carboxylic acids is 2. The lowest BCUT2D eigenvalue weighted by Crippen LogP contribution is -2.53. The lowest BCUT2D eigenvalue weighted by atomic mass is 9.47. The summed E-state index contributed by atoms with van der Waals surface area (Å²) in [6, 6.07) is 8.68. The van der Waals surface area contributed by atoms with Crippen LogP contribution < -0.4 is 5.32 Å². The highest BCUT2D eigenvalue weighted by molar-refractivity contribution is 6.05. The topological polar surface area (TPSA) is 97.2 Å². The van der Waals surface area contributed by atoms with E-state index in [0.29, 0.717) is 29.9 Å². The molecule has 1 amide bonds. The molecule has 4 unspecified atom stereocenters. The zero-order valence-electron chi connectivity index (χ0n) is 23.6. The summed E-state index contributed by atoms with van der Waals surface area (Å²) in [5.41, 5.74) is 2.43. The Hall–Kier alpha value is -2.93. The number of rotatable bonds is 7. The van der Waals surface area contributed by atoms with E-state index in [9.17, 15) is 14.7 Å². The van der Waals surface area contributed by atoms with Crippen LogP contribution in [0.5, 0.6) is 0 Å². The first kappa shape index (κ1) is 27.6. The monoisotopic (exact) mass is 534 g/mol. The van der Waals surface area contributed by atoms with Gasteiger partial charge >= 0.3 is 5.97 Å². The van der Waals surface area contributed by atoms with E-state index in [0.717, 1.165) is 44.1 Å². The predicted molar refractivity (Wildman–Crippen MR) is 150 cm³/mol. The standard InChI is InChI=1S/C32H42N2O5/c1-30-15-12-23(34-39-20-28(35)33-27(29(36)38-4)18-21-8-6-5-7-9-21)19-22(30)10-11-24-25(30)13-16-31(2)26(24)14-17-32(31,3)37/h5-9,12,15,19,24-27,37H,10-11,13-14,16-18,20H2,1-4H3,(H,33,35)/b34-23+/t24?,25?,26?,27?,30-,31-,32-/m0/s1. The van der Waals surface area contributed by atoms with Gasteiger partial charge in [-0.1, -0.05) is 61.0 Å². The zero-order chi connectivity index (χ0) is 27.8. The third-order valence-electron chi connectivity index (χ3n) is 10.6. The third kappa shape index (κ3) is 5.06. The van der Waals surface area contributed by atoms with E-state index in [4.69, 9.17) is 9.57 Å². The van der Waals surface area contributed by atoms with Crippen molar-refractivity contribution >= 4 is 17.6 Å². The Labute approximate surface area is 231 Å². The summed E-state index contributed by atoms with van der Waals surface area (Å²) in [5.74, 6) is 0.833. The average Bonchev–Trinajstić information content (AvgIpc) is 3.17. The van der Waals surface area contributed by atoms with Crippen LogP contribution in [0.1, 0.15) is 64.9 Å². The van der Waals surface area contributed by atoms with Gasteiger partial charge in [0, 0.05) is 11.8 Å². The molecule has 0 bridgehead atoms. The van der Waals surface area contributed by atoms with Crippen LogP contribution >= 0.6 is 0 Å². The van der Waals surface area contributed by atoms with Gasteiger partial charge in [-0.25, -0.2) is 4.79 Å². The first-order valence-electron chi connectivity index (χ1n) is 14.3. The molecule has 0 heterocycles. The Balaban J connectivity index is 1.20. The molecule has 1 aromatic rings. The number of methoxy groups -OCH3 is 1. The Morgan fingerprint density at radius 3 is 2.59 bits per heavy atom. The molecule has 39 heavy (non-hydrogen) atoms. The van der Waals surface area contributed by atoms with Crippen LogP contribution in [0.15, 0.2) is 59.3 Å². The number of hydrogen-bond acceptors (Lipinski definition) is 6. The normalized spacial score (nSPS) is 36.7. The van der Waals surface area contributed by atoms with Crippen molar-refractivity contribution in [2.45, 2.75) is 77.4 Å². The van der Waals surface area contributed by atoms with E-state index in [1.54, 1.807) is 0 Å². The van der Waals surface area contributed by atoms with Crippen LogP contribution in [0.2, 0.25) is 0 Å². The number of carbonyl (C=O) groups is 2. The summed E-state index contributed by atoms with van der Waals surface area (Å²) in [6.45, 7) is 6.43. The smallest absolute Gasteiger partial charge is 0.328 e. The van der Waals surface area contributed by atoms with Crippen LogP contribution in [0, 0.1) is 28.6 Å². The lowest BCUT2D eigenvalue weighted by Gasteiger charge is -2.58. The van der Waals surface area contributed by atoms with E-state index in [2.05, 4.69) is 36.5 Å². The highest BCUT2D eigenvalue weighted by atomic mass is 16.6. The van der Waals surface area contributed by atoms with E-state index < -0.39 is 23.5 Å². The van der Waals surface area contributed by atoms with Gasteiger partial charge in [-0.3, -0.25) is 4.79 Å². The van der Waals surface area contributed by atoms with Crippen molar-refractivity contribution in [1.29, 1.82) is 0 Å². The van der Waals surface area contributed by atoms with Crippen molar-refractivity contribution < 1.29 is 24.3 Å². The minimum Gasteiger partial charge on any atom is -0.467 e. The van der Waals surface area contributed by atoms with Crippen LogP contribution in [0.4, 0.5) is 0 Å². The number of amides is 1. The molecule has 7 atom stereocenters. The van der Waals surface area contributed by atoms with Crippen LogP contribution in [0.25, 0.3) is 0 Å². The number of benzene rings is 1. The fraction of sp³-hybridized carbons (Fsp3) is 0.594. The van der Waals surface area contributed by atoms with Gasteiger partial charge in [0.05, 0.1) is 12.7 Å². The SMILES string of the molecule is COC(=O)C(Cc1ccccc1)NC(=O)CO/N=C1\C=C[C@@]2(C)C(=C1)CCC1C2CC[C@@]2(C)C1CC[C@]2(C)O. The Morgan fingerprint density at radius 2 is 1.85 bits per heavy atom. The van der Waals surface area contributed by atoms with Gasteiger partial charge < -0.3 is 20.0 Å². The van der Waals surface area contributed by atoms with Crippen molar-refractivity contribution in [3.63, 3.8) is 0 Å². The second-order valence-electron chi connectivity index (χ2n) is 12.6. The van der Waals surface area contributed by atoms with Crippen molar-refractivity contribution in [2.75, 3.05) is 13.7 Å². The van der Waals surface area contributed by atoms with Crippen LogP contribution in [-0.2, 0) is 25.6 Å². The van der Waals surface area contributed by atoms with Crippen molar-refractivity contribution in [2.24, 2.45) is 33.7 Å². The number of aliphatic hydroxyl groups is 1. The first-order valence-corrected chi connectivity index (χ1v) is 14.3. The minimum absolute atomic E-state index is 0.0130. The molecule has 210 valence electrons. The quantitative estimate of drug-likeness (QED) is 0.389. The van der Waals surface area contributed by atoms with Crippen LogP contribution in [-0.4, -0.2) is 48.1 Å². The minimum atomic E-state index is -0.797. The maximum absolute atomic E-state index is 12.5. The van der Waals surface area contributed by atoms with Crippen molar-refractivity contribution in [3.05, 3.63) is 59.7 Å². The van der Waals surface area contributed by atoms with Crippen LogP contribution in [0.3, 0.4) is 0 Å². The number of ether oxygens (including phenoxy) is 1. The number of nitrogens with one attached hydrogen (secondary N) is 1. The number of oxime groups is 1. The second-order valence-corrected chi connectivity index (χ2v) is 12.6. The van der Waals surface area contributed by atoms with Gasteiger partial charge in [0.25, 0.3) is 5.91 Å². The summed E-state index contributed by atoms with van der Waals surface area (Å²) in [6.07, 6.45) is 13.1. The predicted octanol–water partition coefficient (Wildman–Crippen LogP) is 4.75. The highest BCUT2D eigenvalue weighted by Crippen LogP contribution is 2.66. The van der Waals surface area contributed by atoms with Gasteiger partial charge in [-0.2, -0.15) is 0 Å². The molecular formula is C32H42N2O5. The lowest BCUT2D eigenvalue weighted by molar-refractivity contribution is -0.145. The van der Waals surface area contributed by atoms with Crippen molar-refractivity contribution in [3.8, 4) is 0 Å². The molecule has 2 N–H and O–H groups in total. The summed E-state index contributed by atoms with van der Waals surface area (Å²) >= 11 is 0. The third-order valence-corrected chi connectivity index (χ3v) is 10.6. The number of fused-ring (bicyclic) bond motifs is 5. The number of esters is 1. The molecule has 7 heteroatoms. The fourth-order valence-electron chi connectivity index (χ4n) is 8.09. The van der Waals surface area contributed by atoms with Gasteiger partial charge in [0.2, 0.25) is 0 Å². The fourth-order valence-corrected chi connectivity index (χ4v) is 8.09. The van der Waals surface area contributed by atoms with Gasteiger partial charge in [-0.15, -0.1) is 0 Å². The average molecular weight is 535 g/mol. The van der Waals surface area contributed by atoms with Gasteiger partial charge in [0.15, 0.2) is 6.61 Å². The molecule has 0 aromatic heterocycles. The molecule has 4 aliphatic rings. The molecule has 5 rings (SSSR count). The summed E-state index contributed by atoms with van der Waals surface area (Å²) < 4.78 is 4.87. The molecule has 1 aromatic carbocycles.